The van der Waals surface area contributed by atoms with Gasteiger partial charge in [-0.1, -0.05) is 30.3 Å². The summed E-state index contributed by atoms with van der Waals surface area (Å²) in [6.45, 7) is 8.15. The number of thioether (sulfide) groups is 1. The third-order valence-corrected chi connectivity index (χ3v) is 5.88. The molecule has 1 N–H and O–H groups in total. The largest absolute Gasteiger partial charge is 0.309 e. The fourth-order valence-corrected chi connectivity index (χ4v) is 4.84. The van der Waals surface area contributed by atoms with Gasteiger partial charge in [0.25, 0.3) is 0 Å². The average Bonchev–Trinajstić information content (AvgIpc) is 2.48. The van der Waals surface area contributed by atoms with Crippen molar-refractivity contribution in [1.29, 1.82) is 0 Å². The summed E-state index contributed by atoms with van der Waals surface area (Å²) in [5.41, 5.74) is 1.69. The van der Waals surface area contributed by atoms with Crippen LogP contribution >= 0.6 is 11.8 Å². The number of nitrogens with zero attached hydrogens (tertiary/aromatic N) is 1. The van der Waals surface area contributed by atoms with Crippen LogP contribution in [0, 0.1) is 5.92 Å². The highest BCUT2D eigenvalue weighted by molar-refractivity contribution is 7.99. The van der Waals surface area contributed by atoms with Crippen molar-refractivity contribution in [3.8, 4) is 0 Å². The predicted molar refractivity (Wildman–Crippen MR) is 92.9 cm³/mol. The summed E-state index contributed by atoms with van der Waals surface area (Å²) < 4.78 is 0. The second-order valence-electron chi connectivity index (χ2n) is 7.18. The number of hydrogen-bond acceptors (Lipinski definition) is 3. The van der Waals surface area contributed by atoms with E-state index >= 15 is 0 Å². The molecule has 3 rings (SSSR count). The Kier molecular flexibility index (Phi) is 4.92. The van der Waals surface area contributed by atoms with Crippen molar-refractivity contribution in [2.24, 2.45) is 5.92 Å². The molecule has 0 saturated carbocycles. The van der Waals surface area contributed by atoms with E-state index in [1.165, 1.54) is 36.5 Å². The monoisotopic (exact) mass is 304 g/mol. The zero-order valence-corrected chi connectivity index (χ0v) is 14.2. The molecule has 0 aromatic heterocycles. The van der Waals surface area contributed by atoms with Gasteiger partial charge in [-0.3, -0.25) is 4.90 Å². The van der Waals surface area contributed by atoms with Crippen molar-refractivity contribution in [2.45, 2.75) is 38.3 Å². The molecule has 0 bridgehead atoms. The lowest BCUT2D eigenvalue weighted by atomic mass is 9.92. The molecule has 2 aliphatic rings. The summed E-state index contributed by atoms with van der Waals surface area (Å²) in [6.07, 6.45) is 2.80. The maximum atomic E-state index is 3.73. The summed E-state index contributed by atoms with van der Waals surface area (Å²) in [6, 6.07) is 11.6. The minimum Gasteiger partial charge on any atom is -0.309 e. The second-order valence-corrected chi connectivity index (χ2v) is 8.40. The van der Waals surface area contributed by atoms with Gasteiger partial charge in [-0.2, -0.15) is 11.8 Å². The van der Waals surface area contributed by atoms with Crippen molar-refractivity contribution in [1.82, 2.24) is 10.2 Å². The molecule has 0 radical (unpaired) electrons. The normalized spacial score (nSPS) is 27.6. The zero-order chi connectivity index (χ0) is 14.7. The first kappa shape index (κ1) is 15.4. The lowest BCUT2D eigenvalue weighted by Crippen LogP contribution is -2.58. The van der Waals surface area contributed by atoms with E-state index in [2.05, 4.69) is 66.2 Å². The summed E-state index contributed by atoms with van der Waals surface area (Å²) >= 11 is 2.13. The van der Waals surface area contributed by atoms with Crippen LogP contribution in [0.2, 0.25) is 0 Å². The predicted octanol–water partition coefficient (Wildman–Crippen LogP) is 3.55. The highest BCUT2D eigenvalue weighted by atomic mass is 32.2. The Morgan fingerprint density at radius 3 is 2.62 bits per heavy atom. The van der Waals surface area contributed by atoms with Crippen LogP contribution in [0.25, 0.3) is 0 Å². The Bertz CT molecular complexity index is 440. The highest BCUT2D eigenvalue weighted by Crippen LogP contribution is 2.31. The van der Waals surface area contributed by atoms with E-state index in [0.29, 0.717) is 6.04 Å². The van der Waals surface area contributed by atoms with Gasteiger partial charge in [0.1, 0.15) is 0 Å². The van der Waals surface area contributed by atoms with Crippen molar-refractivity contribution >= 4 is 11.8 Å². The molecule has 2 heterocycles. The van der Waals surface area contributed by atoms with E-state index in [1.807, 2.05) is 0 Å². The Labute approximate surface area is 133 Å². The number of nitrogens with one attached hydrogen (secondary N) is 1. The molecule has 21 heavy (non-hydrogen) atoms. The molecule has 1 unspecified atom stereocenters. The molecule has 2 nitrogen and oxygen atoms in total. The molecule has 0 spiro atoms. The van der Waals surface area contributed by atoms with Crippen LogP contribution in [0.3, 0.4) is 0 Å². The van der Waals surface area contributed by atoms with E-state index in [-0.39, 0.29) is 5.54 Å². The Morgan fingerprint density at radius 1 is 1.19 bits per heavy atom. The quantitative estimate of drug-likeness (QED) is 0.919. The van der Waals surface area contributed by atoms with Crippen LogP contribution < -0.4 is 5.32 Å². The minimum atomic E-state index is 0.231. The van der Waals surface area contributed by atoms with E-state index in [9.17, 15) is 0 Å². The van der Waals surface area contributed by atoms with Crippen LogP contribution in [0.1, 0.15) is 38.3 Å². The maximum Gasteiger partial charge on any atom is 0.0473 e. The topological polar surface area (TPSA) is 15.3 Å². The molecule has 1 aromatic rings. The number of rotatable bonds is 3. The Balaban J connectivity index is 1.73. The van der Waals surface area contributed by atoms with Gasteiger partial charge in [-0.15, -0.1) is 0 Å². The maximum absolute atomic E-state index is 3.73. The Hall–Kier alpha value is -0.510. The van der Waals surface area contributed by atoms with Crippen LogP contribution in [0.4, 0.5) is 0 Å². The Morgan fingerprint density at radius 2 is 1.90 bits per heavy atom. The molecule has 2 aliphatic heterocycles. The molecule has 0 aliphatic carbocycles. The van der Waals surface area contributed by atoms with Gasteiger partial charge in [0.05, 0.1) is 0 Å². The summed E-state index contributed by atoms with van der Waals surface area (Å²) in [7, 11) is 0. The molecule has 1 aromatic carbocycles. The first-order valence-corrected chi connectivity index (χ1v) is 9.41. The van der Waals surface area contributed by atoms with Gasteiger partial charge in [0.15, 0.2) is 0 Å². The fraction of sp³-hybridized carbons (Fsp3) is 0.667. The second kappa shape index (κ2) is 6.72. The molecular weight excluding hydrogens is 276 g/mol. The average molecular weight is 305 g/mol. The lowest BCUT2D eigenvalue weighted by molar-refractivity contribution is 0.0770. The summed E-state index contributed by atoms with van der Waals surface area (Å²) in [4.78, 5) is 2.74. The van der Waals surface area contributed by atoms with Crippen molar-refractivity contribution in [3.05, 3.63) is 35.9 Å². The third kappa shape index (κ3) is 4.02. The van der Waals surface area contributed by atoms with Crippen molar-refractivity contribution < 1.29 is 0 Å². The van der Waals surface area contributed by atoms with Crippen LogP contribution in [0.5, 0.6) is 0 Å². The van der Waals surface area contributed by atoms with Crippen LogP contribution in [-0.2, 0) is 0 Å². The van der Waals surface area contributed by atoms with Gasteiger partial charge < -0.3 is 5.32 Å². The molecular formula is C18H28N2S. The van der Waals surface area contributed by atoms with Crippen LogP contribution in [-0.4, -0.2) is 41.6 Å². The van der Waals surface area contributed by atoms with Gasteiger partial charge in [0.2, 0.25) is 0 Å². The number of hydrogen-bond donors (Lipinski definition) is 1. The highest BCUT2D eigenvalue weighted by Gasteiger charge is 2.34. The van der Waals surface area contributed by atoms with Gasteiger partial charge in [0, 0.05) is 31.2 Å². The van der Waals surface area contributed by atoms with Gasteiger partial charge >= 0.3 is 0 Å². The standard InChI is InChI=1S/C18H28N2S/c1-18(2)14-20(13-15-8-10-21-11-9-15)17(12-19-18)16-6-4-3-5-7-16/h3-7,15,17,19H,8-14H2,1-2H3. The fourth-order valence-electron chi connectivity index (χ4n) is 3.63. The number of benzene rings is 1. The van der Waals surface area contributed by atoms with Gasteiger partial charge in [-0.25, -0.2) is 0 Å². The molecule has 0 amide bonds. The molecule has 3 heteroatoms. The summed E-state index contributed by atoms with van der Waals surface area (Å²) in [5.74, 6) is 3.61. The zero-order valence-electron chi connectivity index (χ0n) is 13.3. The SMILES string of the molecule is CC1(C)CN(CC2CCSCC2)C(c2ccccc2)CN1. The van der Waals surface area contributed by atoms with E-state index in [4.69, 9.17) is 0 Å². The first-order valence-electron chi connectivity index (χ1n) is 8.26. The third-order valence-electron chi connectivity index (χ3n) is 4.83. The lowest BCUT2D eigenvalue weighted by Gasteiger charge is -2.46. The van der Waals surface area contributed by atoms with Crippen LogP contribution in [0.15, 0.2) is 30.3 Å². The molecule has 2 saturated heterocycles. The molecule has 116 valence electrons. The van der Waals surface area contributed by atoms with Gasteiger partial charge in [-0.05, 0) is 49.7 Å². The molecule has 1 atom stereocenters. The smallest absolute Gasteiger partial charge is 0.0473 e. The van der Waals surface area contributed by atoms with E-state index in [0.717, 1.165) is 19.0 Å². The van der Waals surface area contributed by atoms with E-state index < -0.39 is 0 Å². The first-order chi connectivity index (χ1) is 10.1. The van der Waals surface area contributed by atoms with Crippen molar-refractivity contribution in [2.75, 3.05) is 31.1 Å². The van der Waals surface area contributed by atoms with Crippen molar-refractivity contribution in [3.63, 3.8) is 0 Å². The summed E-state index contributed by atoms with van der Waals surface area (Å²) in [5, 5.41) is 3.73. The minimum absolute atomic E-state index is 0.231. The molecule has 2 fully saturated rings. The number of piperazine rings is 1. The van der Waals surface area contributed by atoms with E-state index in [1.54, 1.807) is 0 Å².